The van der Waals surface area contributed by atoms with Crippen molar-refractivity contribution in [2.45, 2.75) is 6.92 Å². The summed E-state index contributed by atoms with van der Waals surface area (Å²) in [7, 11) is 0. The molecule has 0 aliphatic rings. The first-order valence-electron chi connectivity index (χ1n) is 8.59. The minimum Gasteiger partial charge on any atom is -0.506 e. The van der Waals surface area contributed by atoms with Crippen molar-refractivity contribution >= 4 is 58.1 Å². The van der Waals surface area contributed by atoms with Crippen molar-refractivity contribution in [2.75, 3.05) is 10.6 Å². The highest BCUT2D eigenvalue weighted by molar-refractivity contribution is 6.42. The fourth-order valence-corrected chi connectivity index (χ4v) is 2.55. The van der Waals surface area contributed by atoms with E-state index in [1.54, 1.807) is 30.3 Å². The van der Waals surface area contributed by atoms with E-state index in [1.165, 1.54) is 19.1 Å². The highest BCUT2D eigenvalue weighted by Crippen LogP contribution is 2.38. The van der Waals surface area contributed by atoms with Crippen LogP contribution in [0.15, 0.2) is 59.0 Å². The summed E-state index contributed by atoms with van der Waals surface area (Å²) in [4.78, 5) is 31.2. The van der Waals surface area contributed by atoms with E-state index in [-0.39, 0.29) is 38.8 Å². The molecular weight excluding hydrogens is 447 g/mol. The second-order valence-electron chi connectivity index (χ2n) is 5.90. The first-order valence-corrected chi connectivity index (χ1v) is 9.35. The van der Waals surface area contributed by atoms with Crippen LogP contribution in [0.5, 0.6) is 11.5 Å². The van der Waals surface area contributed by atoms with Gasteiger partial charge in [-0.1, -0.05) is 41.4 Å². The van der Waals surface area contributed by atoms with Gasteiger partial charge in [-0.15, -0.1) is 10.2 Å². The predicted molar refractivity (Wildman–Crippen MR) is 115 cm³/mol. The van der Waals surface area contributed by atoms with E-state index >= 15 is 0 Å². The molecule has 10 nitrogen and oxygen atoms in total. The molecule has 0 saturated carbocycles. The molecule has 3 rings (SSSR count). The molecule has 12 heteroatoms. The number of carbonyl (C=O) groups is 2. The number of halogens is 2. The molecule has 2 amide bonds. The number of carbonyl (C=O) groups excluding carboxylic acids is 2. The molecule has 0 unspecified atom stereocenters. The van der Waals surface area contributed by atoms with Crippen LogP contribution in [0.3, 0.4) is 0 Å². The fourth-order valence-electron chi connectivity index (χ4n) is 2.29. The van der Waals surface area contributed by atoms with Crippen molar-refractivity contribution in [3.05, 3.63) is 59.0 Å². The number of amides is 2. The summed E-state index contributed by atoms with van der Waals surface area (Å²) in [6.45, 7) is 1.27. The Hall–Kier alpha value is -3.76. The second kappa shape index (κ2) is 9.83. The molecule has 0 radical (unpaired) electrons. The third kappa shape index (κ3) is 5.87. The maximum Gasteiger partial charge on any atom is 0.417 e. The van der Waals surface area contributed by atoms with Crippen molar-refractivity contribution in [1.29, 1.82) is 0 Å². The molecule has 0 bridgehead atoms. The SMILES string of the molecule is CC(=O)Nc1cc(/N=N/c2ncnc(Cl)c2Cl)c(NC(=O)Oc2ccccc2)cc1O. The van der Waals surface area contributed by atoms with Gasteiger partial charge in [0.15, 0.2) is 11.0 Å². The van der Waals surface area contributed by atoms with E-state index in [1.807, 2.05) is 0 Å². The lowest BCUT2D eigenvalue weighted by atomic mass is 10.2. The third-order valence-corrected chi connectivity index (χ3v) is 4.33. The summed E-state index contributed by atoms with van der Waals surface area (Å²) in [5.74, 6) is -0.446. The Labute approximate surface area is 185 Å². The molecule has 0 aliphatic heterocycles. The summed E-state index contributed by atoms with van der Waals surface area (Å²) >= 11 is 11.8. The Kier molecular flexibility index (Phi) is 6.96. The van der Waals surface area contributed by atoms with Crippen LogP contribution in [0.2, 0.25) is 10.2 Å². The fraction of sp³-hybridized carbons (Fsp3) is 0.0526. The number of hydrogen-bond acceptors (Lipinski definition) is 8. The van der Waals surface area contributed by atoms with Gasteiger partial charge in [-0.25, -0.2) is 14.8 Å². The number of nitrogens with zero attached hydrogens (tertiary/aromatic N) is 4. The predicted octanol–water partition coefficient (Wildman–Crippen LogP) is 5.47. The lowest BCUT2D eigenvalue weighted by molar-refractivity contribution is -0.114. The normalized spacial score (nSPS) is 10.7. The van der Waals surface area contributed by atoms with E-state index < -0.39 is 12.0 Å². The van der Waals surface area contributed by atoms with Crippen molar-refractivity contribution in [1.82, 2.24) is 9.97 Å². The first kappa shape index (κ1) is 21.9. The van der Waals surface area contributed by atoms with E-state index in [0.29, 0.717) is 5.75 Å². The Morgan fingerprint density at radius 1 is 1.03 bits per heavy atom. The Bertz CT molecular complexity index is 1160. The molecule has 1 aromatic heterocycles. The number of azo groups is 1. The van der Waals surface area contributed by atoms with Crippen LogP contribution in [0, 0.1) is 0 Å². The monoisotopic (exact) mass is 460 g/mol. The molecule has 2 aromatic carbocycles. The highest BCUT2D eigenvalue weighted by Gasteiger charge is 2.15. The second-order valence-corrected chi connectivity index (χ2v) is 6.63. The van der Waals surface area contributed by atoms with Crippen molar-refractivity contribution in [3.63, 3.8) is 0 Å². The number of nitrogens with one attached hydrogen (secondary N) is 2. The lowest BCUT2D eigenvalue weighted by Crippen LogP contribution is -2.17. The molecule has 0 spiro atoms. The van der Waals surface area contributed by atoms with Gasteiger partial charge >= 0.3 is 6.09 Å². The molecule has 0 aliphatic carbocycles. The smallest absolute Gasteiger partial charge is 0.417 e. The van der Waals surface area contributed by atoms with Crippen molar-refractivity contribution in [2.24, 2.45) is 10.2 Å². The number of phenols is 1. The van der Waals surface area contributed by atoms with E-state index in [2.05, 4.69) is 30.8 Å². The molecule has 0 fully saturated rings. The maximum atomic E-state index is 12.3. The molecule has 0 atom stereocenters. The quantitative estimate of drug-likeness (QED) is 0.262. The minimum atomic E-state index is -0.836. The first-order chi connectivity index (χ1) is 14.8. The Balaban J connectivity index is 1.94. The van der Waals surface area contributed by atoms with Gasteiger partial charge in [-0.3, -0.25) is 10.1 Å². The van der Waals surface area contributed by atoms with Crippen LogP contribution in [0.4, 0.5) is 27.7 Å². The molecular formula is C19H14Cl2N6O4. The van der Waals surface area contributed by atoms with Crippen LogP contribution in [-0.4, -0.2) is 27.1 Å². The summed E-state index contributed by atoms with van der Waals surface area (Å²) in [5.41, 5.74) is 0.167. The number of anilines is 2. The molecule has 0 saturated heterocycles. The minimum absolute atomic E-state index is 0.0138. The molecule has 31 heavy (non-hydrogen) atoms. The van der Waals surface area contributed by atoms with Gasteiger partial charge in [0.1, 0.15) is 28.5 Å². The maximum absolute atomic E-state index is 12.3. The van der Waals surface area contributed by atoms with Crippen LogP contribution in [0.25, 0.3) is 0 Å². The number of benzene rings is 2. The van der Waals surface area contributed by atoms with Gasteiger partial charge in [0.2, 0.25) is 5.91 Å². The number of aromatic nitrogens is 2. The van der Waals surface area contributed by atoms with Crippen molar-refractivity contribution < 1.29 is 19.4 Å². The van der Waals surface area contributed by atoms with Crippen LogP contribution >= 0.6 is 23.2 Å². The zero-order valence-electron chi connectivity index (χ0n) is 15.8. The van der Waals surface area contributed by atoms with Gasteiger partial charge in [0, 0.05) is 13.0 Å². The topological polar surface area (TPSA) is 138 Å². The molecule has 3 aromatic rings. The van der Waals surface area contributed by atoms with E-state index in [0.717, 1.165) is 6.33 Å². The Morgan fingerprint density at radius 2 is 1.77 bits per heavy atom. The Morgan fingerprint density at radius 3 is 2.48 bits per heavy atom. The zero-order valence-corrected chi connectivity index (χ0v) is 17.3. The van der Waals surface area contributed by atoms with Gasteiger partial charge in [0.25, 0.3) is 0 Å². The highest BCUT2D eigenvalue weighted by atomic mass is 35.5. The molecule has 3 N–H and O–H groups in total. The van der Waals surface area contributed by atoms with E-state index in [4.69, 9.17) is 27.9 Å². The van der Waals surface area contributed by atoms with Crippen LogP contribution in [-0.2, 0) is 4.79 Å². The largest absolute Gasteiger partial charge is 0.506 e. The lowest BCUT2D eigenvalue weighted by Gasteiger charge is -2.12. The number of hydrogen-bond donors (Lipinski definition) is 3. The van der Waals surface area contributed by atoms with Crippen molar-refractivity contribution in [3.8, 4) is 11.5 Å². The van der Waals surface area contributed by atoms with Gasteiger partial charge in [-0.05, 0) is 18.2 Å². The van der Waals surface area contributed by atoms with Crippen LogP contribution in [0.1, 0.15) is 6.92 Å². The zero-order chi connectivity index (χ0) is 22.4. The molecule has 158 valence electrons. The summed E-state index contributed by atoms with van der Waals surface area (Å²) in [6.07, 6.45) is 0.316. The summed E-state index contributed by atoms with van der Waals surface area (Å²) < 4.78 is 5.17. The summed E-state index contributed by atoms with van der Waals surface area (Å²) in [6, 6.07) is 10.8. The third-order valence-electron chi connectivity index (χ3n) is 3.60. The summed E-state index contributed by atoms with van der Waals surface area (Å²) in [5, 5.41) is 23.0. The standard InChI is InChI=1S/C19H14Cl2N6O4/c1-10(28)24-14-7-13(26-27-18-16(20)17(21)22-9-23-18)12(8-15(14)29)25-19(30)31-11-5-3-2-4-6-11/h2-9,29H,1H3,(H,24,28)(H,25,30)/b27-26+. The number of aromatic hydroxyl groups is 1. The number of rotatable bonds is 5. The van der Waals surface area contributed by atoms with Gasteiger partial charge in [-0.2, -0.15) is 0 Å². The van der Waals surface area contributed by atoms with Gasteiger partial charge in [0.05, 0.1) is 11.4 Å². The van der Waals surface area contributed by atoms with E-state index in [9.17, 15) is 14.7 Å². The van der Waals surface area contributed by atoms with Gasteiger partial charge < -0.3 is 15.2 Å². The average molecular weight is 461 g/mol. The van der Waals surface area contributed by atoms with Crippen LogP contribution < -0.4 is 15.4 Å². The number of ether oxygens (including phenoxy) is 1. The average Bonchev–Trinajstić information content (AvgIpc) is 2.72. The molecule has 1 heterocycles. The number of phenolic OH excluding ortho intramolecular Hbond substituents is 1. The number of para-hydroxylation sites is 1.